The second-order valence-electron chi connectivity index (χ2n) is 6.18. The van der Waals surface area contributed by atoms with Gasteiger partial charge < -0.3 is 5.32 Å². The van der Waals surface area contributed by atoms with Crippen molar-refractivity contribution in [2.45, 2.75) is 25.8 Å². The van der Waals surface area contributed by atoms with E-state index in [4.69, 9.17) is 0 Å². The first-order chi connectivity index (χ1) is 9.60. The lowest BCUT2D eigenvalue weighted by Gasteiger charge is -2.27. The fraction of sp³-hybridized carbons (Fsp3) is 0.600. The van der Waals surface area contributed by atoms with E-state index in [1.165, 1.54) is 12.8 Å². The molecule has 1 aromatic carbocycles. The molecule has 5 heteroatoms. The van der Waals surface area contributed by atoms with Crippen LogP contribution < -0.4 is 5.32 Å². The molecule has 2 heterocycles. The average Bonchev–Trinajstić information content (AvgIpc) is 3.09. The highest BCUT2D eigenvalue weighted by Gasteiger charge is 2.41. The smallest absolute Gasteiger partial charge is 0.269 e. The molecule has 5 nitrogen and oxygen atoms in total. The second kappa shape index (κ2) is 5.14. The van der Waals surface area contributed by atoms with E-state index >= 15 is 0 Å². The van der Waals surface area contributed by atoms with Gasteiger partial charge in [-0.3, -0.25) is 15.0 Å². The second-order valence-corrected chi connectivity index (χ2v) is 6.18. The van der Waals surface area contributed by atoms with Crippen LogP contribution >= 0.6 is 0 Å². The van der Waals surface area contributed by atoms with Gasteiger partial charge in [0.25, 0.3) is 5.69 Å². The molecule has 2 fully saturated rings. The highest BCUT2D eigenvalue weighted by molar-refractivity contribution is 5.35. The Hall–Kier alpha value is -1.46. The van der Waals surface area contributed by atoms with Crippen LogP contribution in [0.2, 0.25) is 0 Å². The van der Waals surface area contributed by atoms with Crippen molar-refractivity contribution in [1.82, 2.24) is 10.2 Å². The zero-order valence-corrected chi connectivity index (χ0v) is 11.8. The van der Waals surface area contributed by atoms with Gasteiger partial charge in [0, 0.05) is 31.3 Å². The maximum Gasteiger partial charge on any atom is 0.269 e. The molecule has 20 heavy (non-hydrogen) atoms. The Kier molecular flexibility index (Phi) is 3.48. The minimum atomic E-state index is -0.317. The molecule has 0 radical (unpaired) electrons. The van der Waals surface area contributed by atoms with E-state index in [0.717, 1.165) is 31.7 Å². The van der Waals surface area contributed by atoms with Crippen molar-refractivity contribution in [1.29, 1.82) is 0 Å². The van der Waals surface area contributed by atoms with E-state index in [1.807, 2.05) is 6.07 Å². The number of benzene rings is 1. The summed E-state index contributed by atoms with van der Waals surface area (Å²) in [6, 6.07) is 7.29. The lowest BCUT2D eigenvalue weighted by Crippen LogP contribution is -2.30. The van der Waals surface area contributed by atoms with Crippen molar-refractivity contribution in [2.24, 2.45) is 5.41 Å². The number of hydrogen-bond acceptors (Lipinski definition) is 4. The van der Waals surface area contributed by atoms with Gasteiger partial charge in [-0.05, 0) is 43.8 Å². The molecule has 108 valence electrons. The molecule has 1 N–H and O–H groups in total. The van der Waals surface area contributed by atoms with E-state index in [1.54, 1.807) is 18.2 Å². The largest absolute Gasteiger partial charge is 0.316 e. The van der Waals surface area contributed by atoms with Crippen molar-refractivity contribution in [3.8, 4) is 0 Å². The van der Waals surface area contributed by atoms with Crippen LogP contribution in [-0.2, 0) is 0 Å². The molecule has 2 saturated heterocycles. The summed E-state index contributed by atoms with van der Waals surface area (Å²) in [5, 5.41) is 14.3. The van der Waals surface area contributed by atoms with Gasteiger partial charge in [-0.1, -0.05) is 12.1 Å². The van der Waals surface area contributed by atoms with Crippen molar-refractivity contribution >= 4 is 5.69 Å². The zero-order valence-electron chi connectivity index (χ0n) is 11.8. The number of nitro groups is 1. The van der Waals surface area contributed by atoms with Crippen molar-refractivity contribution in [2.75, 3.05) is 26.2 Å². The SMILES string of the molecule is CC(c1cccc([N+](=O)[O-])c1)N1CCC2(CCNC2)C1. The number of nitrogens with zero attached hydrogens (tertiary/aromatic N) is 2. The Labute approximate surface area is 119 Å². The first kappa shape index (κ1) is 13.5. The minimum Gasteiger partial charge on any atom is -0.316 e. The summed E-state index contributed by atoms with van der Waals surface area (Å²) in [5.41, 5.74) is 1.67. The average molecular weight is 275 g/mol. The molecule has 0 aromatic heterocycles. The van der Waals surface area contributed by atoms with Gasteiger partial charge in [-0.15, -0.1) is 0 Å². The summed E-state index contributed by atoms with van der Waals surface area (Å²) in [6.07, 6.45) is 2.49. The third-order valence-electron chi connectivity index (χ3n) is 4.91. The predicted molar refractivity (Wildman–Crippen MR) is 77.6 cm³/mol. The van der Waals surface area contributed by atoms with Crippen LogP contribution in [0.3, 0.4) is 0 Å². The fourth-order valence-electron chi connectivity index (χ4n) is 3.55. The molecule has 0 aliphatic carbocycles. The minimum absolute atomic E-state index is 0.186. The molecular weight excluding hydrogens is 254 g/mol. The van der Waals surface area contributed by atoms with Crippen LogP contribution in [0.4, 0.5) is 5.69 Å². The summed E-state index contributed by atoms with van der Waals surface area (Å²) in [7, 11) is 0. The summed E-state index contributed by atoms with van der Waals surface area (Å²) in [5.74, 6) is 0. The van der Waals surface area contributed by atoms with Crippen LogP contribution in [0.5, 0.6) is 0 Å². The van der Waals surface area contributed by atoms with Crippen molar-refractivity contribution < 1.29 is 4.92 Å². The first-order valence-corrected chi connectivity index (χ1v) is 7.29. The Morgan fingerprint density at radius 3 is 3.00 bits per heavy atom. The molecule has 2 unspecified atom stereocenters. The lowest BCUT2D eigenvalue weighted by atomic mass is 9.86. The Balaban J connectivity index is 1.74. The van der Waals surface area contributed by atoms with E-state index in [2.05, 4.69) is 17.1 Å². The van der Waals surface area contributed by atoms with E-state index in [-0.39, 0.29) is 16.7 Å². The van der Waals surface area contributed by atoms with Crippen molar-refractivity contribution in [3.63, 3.8) is 0 Å². The molecular formula is C15H21N3O2. The maximum absolute atomic E-state index is 10.9. The molecule has 2 aliphatic heterocycles. The summed E-state index contributed by atoms with van der Waals surface area (Å²) in [4.78, 5) is 13.0. The van der Waals surface area contributed by atoms with Gasteiger partial charge in [0.1, 0.15) is 0 Å². The third kappa shape index (κ3) is 2.43. The normalized spacial score (nSPS) is 28.1. The number of hydrogen-bond donors (Lipinski definition) is 1. The maximum atomic E-state index is 10.9. The molecule has 0 amide bonds. The van der Waals surface area contributed by atoms with Gasteiger partial charge in [-0.2, -0.15) is 0 Å². The van der Waals surface area contributed by atoms with Gasteiger partial charge in [0.05, 0.1) is 4.92 Å². The molecule has 0 bridgehead atoms. The van der Waals surface area contributed by atoms with Crippen LogP contribution in [0.1, 0.15) is 31.4 Å². The van der Waals surface area contributed by atoms with Gasteiger partial charge in [0.2, 0.25) is 0 Å². The Morgan fingerprint density at radius 1 is 1.45 bits per heavy atom. The standard InChI is InChI=1S/C15H21N3O2/c1-12(13-3-2-4-14(9-13)18(19)20)17-8-6-15(11-17)5-7-16-10-15/h2-4,9,12,16H,5-8,10-11H2,1H3. The molecule has 1 spiro atoms. The first-order valence-electron chi connectivity index (χ1n) is 7.29. The Morgan fingerprint density at radius 2 is 2.30 bits per heavy atom. The number of nitrogens with one attached hydrogen (secondary N) is 1. The summed E-state index contributed by atoms with van der Waals surface area (Å²) < 4.78 is 0. The highest BCUT2D eigenvalue weighted by Crippen LogP contribution is 2.39. The number of non-ortho nitro benzene ring substituents is 1. The van der Waals surface area contributed by atoms with E-state index in [0.29, 0.717) is 5.41 Å². The molecule has 3 rings (SSSR count). The number of nitro benzene ring substituents is 1. The molecule has 2 aliphatic rings. The zero-order chi connectivity index (χ0) is 14.2. The number of rotatable bonds is 3. The Bertz CT molecular complexity index is 512. The highest BCUT2D eigenvalue weighted by atomic mass is 16.6. The fourth-order valence-corrected chi connectivity index (χ4v) is 3.55. The molecule has 1 aromatic rings. The van der Waals surface area contributed by atoms with E-state index < -0.39 is 0 Å². The molecule has 0 saturated carbocycles. The van der Waals surface area contributed by atoms with Crippen LogP contribution in [0, 0.1) is 15.5 Å². The van der Waals surface area contributed by atoms with Crippen LogP contribution in [0.25, 0.3) is 0 Å². The quantitative estimate of drug-likeness (QED) is 0.679. The van der Waals surface area contributed by atoms with Gasteiger partial charge in [-0.25, -0.2) is 0 Å². The molecule has 2 atom stereocenters. The third-order valence-corrected chi connectivity index (χ3v) is 4.91. The van der Waals surface area contributed by atoms with E-state index in [9.17, 15) is 10.1 Å². The monoisotopic (exact) mass is 275 g/mol. The summed E-state index contributed by atoms with van der Waals surface area (Å²) >= 11 is 0. The topological polar surface area (TPSA) is 58.4 Å². The number of likely N-dealkylation sites (tertiary alicyclic amines) is 1. The van der Waals surface area contributed by atoms with Gasteiger partial charge in [0.15, 0.2) is 0 Å². The predicted octanol–water partition coefficient (Wildman–Crippen LogP) is 2.34. The van der Waals surface area contributed by atoms with Gasteiger partial charge >= 0.3 is 0 Å². The lowest BCUT2D eigenvalue weighted by molar-refractivity contribution is -0.384. The summed E-state index contributed by atoms with van der Waals surface area (Å²) in [6.45, 7) is 6.58. The van der Waals surface area contributed by atoms with Crippen LogP contribution in [0.15, 0.2) is 24.3 Å². The van der Waals surface area contributed by atoms with Crippen LogP contribution in [-0.4, -0.2) is 36.0 Å². The van der Waals surface area contributed by atoms with Crippen molar-refractivity contribution in [3.05, 3.63) is 39.9 Å².